The number of amides is 1. The minimum absolute atomic E-state index is 0.00786. The molecule has 0 spiro atoms. The van der Waals surface area contributed by atoms with E-state index in [0.29, 0.717) is 17.4 Å². The number of hydrogen-bond acceptors (Lipinski definition) is 6. The van der Waals surface area contributed by atoms with Gasteiger partial charge in [0, 0.05) is 6.42 Å². The van der Waals surface area contributed by atoms with Crippen LogP contribution < -0.4 is 10.2 Å². The number of likely N-dealkylation sites (N-methyl/N-ethyl adjacent to an activating group) is 1. The van der Waals surface area contributed by atoms with Crippen molar-refractivity contribution in [1.29, 1.82) is 0 Å². The van der Waals surface area contributed by atoms with Crippen LogP contribution in [0.3, 0.4) is 0 Å². The number of phosphoric ester groups is 1. The Morgan fingerprint density at radius 1 is 0.462 bits per heavy atom. The van der Waals surface area contributed by atoms with Gasteiger partial charge in [0.05, 0.1) is 39.9 Å². The smallest absolute Gasteiger partial charge is 0.268 e. The lowest BCUT2D eigenvalue weighted by Gasteiger charge is -2.29. The Hall–Kier alpha value is -2.32. The summed E-state index contributed by atoms with van der Waals surface area (Å²) >= 11 is 0. The van der Waals surface area contributed by atoms with E-state index in [4.69, 9.17) is 9.05 Å². The second-order valence-corrected chi connectivity index (χ2v) is 24.8. The fraction of sp³-hybridized carbons (Fsp3) is 0.783. The molecule has 9 heteroatoms. The van der Waals surface area contributed by atoms with Crippen molar-refractivity contribution in [2.75, 3.05) is 40.9 Å². The van der Waals surface area contributed by atoms with Crippen LogP contribution in [-0.4, -0.2) is 68.5 Å². The molecule has 0 saturated carbocycles. The van der Waals surface area contributed by atoms with Gasteiger partial charge in [-0.25, -0.2) is 0 Å². The molecule has 0 aromatic rings. The molecule has 454 valence electrons. The highest BCUT2D eigenvalue weighted by Crippen LogP contribution is 2.38. The van der Waals surface area contributed by atoms with Crippen LogP contribution in [0.1, 0.15) is 296 Å². The molecule has 0 heterocycles. The molecule has 0 rings (SSSR count). The van der Waals surface area contributed by atoms with Crippen LogP contribution in [0.5, 0.6) is 0 Å². The zero-order valence-electron chi connectivity index (χ0n) is 51.9. The van der Waals surface area contributed by atoms with Gasteiger partial charge in [-0.1, -0.05) is 298 Å². The Morgan fingerprint density at radius 2 is 0.795 bits per heavy atom. The Labute approximate surface area is 484 Å². The van der Waals surface area contributed by atoms with E-state index in [0.717, 1.165) is 70.6 Å². The fourth-order valence-corrected chi connectivity index (χ4v) is 10.2. The van der Waals surface area contributed by atoms with Crippen LogP contribution in [-0.2, 0) is 18.4 Å². The summed E-state index contributed by atoms with van der Waals surface area (Å²) in [7, 11) is 1.25. The first-order valence-electron chi connectivity index (χ1n) is 32.9. The van der Waals surface area contributed by atoms with E-state index in [2.05, 4.69) is 92.1 Å². The largest absolute Gasteiger partial charge is 0.756 e. The number of phosphoric acid groups is 1. The highest BCUT2D eigenvalue weighted by atomic mass is 31.2. The molecular formula is C69H127N2O6P. The number of rotatable bonds is 60. The SMILES string of the molecule is CC/C=C\C/C=C\C/C=C\C/C=C\C/C=C\CCCCCCCCCCCCCCCCCCCC(=O)NC(COP(=O)([O-])OCC[N+](C)(C)C)C(O)/C=C/CC/C=C/CCCCCCCCCCCCCCCCCCC. The van der Waals surface area contributed by atoms with Gasteiger partial charge in [-0.05, 0) is 77.0 Å². The van der Waals surface area contributed by atoms with E-state index in [1.54, 1.807) is 6.08 Å². The lowest BCUT2D eigenvalue weighted by Crippen LogP contribution is -2.45. The van der Waals surface area contributed by atoms with Gasteiger partial charge in [-0.15, -0.1) is 0 Å². The zero-order chi connectivity index (χ0) is 57.0. The van der Waals surface area contributed by atoms with Crippen LogP contribution in [0.4, 0.5) is 0 Å². The highest BCUT2D eigenvalue weighted by Gasteiger charge is 2.23. The first-order chi connectivity index (χ1) is 38.0. The van der Waals surface area contributed by atoms with Crippen molar-refractivity contribution < 1.29 is 32.9 Å². The van der Waals surface area contributed by atoms with Gasteiger partial charge in [0.15, 0.2) is 0 Å². The minimum atomic E-state index is -4.61. The molecule has 0 saturated heterocycles. The maximum atomic E-state index is 13.0. The van der Waals surface area contributed by atoms with E-state index in [1.807, 2.05) is 27.2 Å². The number of carbonyl (C=O) groups is 1. The number of hydrogen-bond donors (Lipinski definition) is 2. The number of nitrogens with zero attached hydrogens (tertiary/aromatic N) is 1. The molecule has 0 aromatic heterocycles. The maximum absolute atomic E-state index is 13.0. The maximum Gasteiger partial charge on any atom is 0.268 e. The van der Waals surface area contributed by atoms with Crippen molar-refractivity contribution in [2.45, 2.75) is 309 Å². The normalized spacial score (nSPS) is 14.3. The van der Waals surface area contributed by atoms with Crippen molar-refractivity contribution in [1.82, 2.24) is 5.32 Å². The predicted molar refractivity (Wildman–Crippen MR) is 339 cm³/mol. The van der Waals surface area contributed by atoms with Crippen molar-refractivity contribution in [3.05, 3.63) is 85.1 Å². The van der Waals surface area contributed by atoms with Crippen molar-refractivity contribution >= 4 is 13.7 Å². The van der Waals surface area contributed by atoms with E-state index < -0.39 is 26.6 Å². The number of aliphatic hydroxyl groups excluding tert-OH is 1. The standard InChI is InChI=1S/C69H127N2O6P/c1-6-8-10-12-14-16-18-20-22-24-26-28-30-31-32-33-34-35-36-37-38-39-41-43-45-47-49-51-53-55-57-59-61-63-69(73)70-67(66-77-78(74,75)76-65-64-71(3,4)5)68(72)62-60-58-56-54-52-50-48-46-44-42-40-29-27-25-23-21-19-17-15-13-11-9-7-2/h8,10,14,16,20,22,26,28,31-32,52,54,60,62,67-68,72H,6-7,9,11-13,15,17-19,21,23-25,27,29-30,33-51,53,55-59,61,63-66H2,1-5H3,(H-,70,73,74,75)/b10-8-,16-14-,22-20-,28-26-,32-31-,54-52+,62-60+. The highest BCUT2D eigenvalue weighted by molar-refractivity contribution is 7.45. The molecule has 2 N–H and O–H groups in total. The third-order valence-electron chi connectivity index (χ3n) is 14.6. The summed E-state index contributed by atoms with van der Waals surface area (Å²) in [5.74, 6) is -0.206. The molecule has 0 fully saturated rings. The lowest BCUT2D eigenvalue weighted by atomic mass is 10.0. The quantitative estimate of drug-likeness (QED) is 0.0272. The van der Waals surface area contributed by atoms with E-state index in [9.17, 15) is 19.4 Å². The molecular weight excluding hydrogens is 984 g/mol. The predicted octanol–water partition coefficient (Wildman–Crippen LogP) is 20.1. The summed E-state index contributed by atoms with van der Waals surface area (Å²) in [6.07, 6.45) is 84.0. The number of carbonyl (C=O) groups excluding carboxylic acids is 1. The van der Waals surface area contributed by atoms with Crippen LogP contribution in [0.25, 0.3) is 0 Å². The van der Waals surface area contributed by atoms with Gasteiger partial charge in [0.25, 0.3) is 7.82 Å². The molecule has 0 radical (unpaired) electrons. The molecule has 0 aliphatic heterocycles. The van der Waals surface area contributed by atoms with E-state index >= 15 is 0 Å². The first-order valence-corrected chi connectivity index (χ1v) is 34.4. The number of nitrogens with one attached hydrogen (secondary N) is 1. The molecule has 0 bridgehead atoms. The summed E-state index contributed by atoms with van der Waals surface area (Å²) in [5, 5.41) is 13.9. The van der Waals surface area contributed by atoms with Gasteiger partial charge in [0.1, 0.15) is 13.2 Å². The Kier molecular flexibility index (Phi) is 57.5. The molecule has 78 heavy (non-hydrogen) atoms. The number of unbranched alkanes of at least 4 members (excludes halogenated alkanes) is 35. The molecule has 1 amide bonds. The molecule has 0 aliphatic carbocycles. The molecule has 3 unspecified atom stereocenters. The minimum Gasteiger partial charge on any atom is -0.756 e. The molecule has 3 atom stereocenters. The summed E-state index contributed by atoms with van der Waals surface area (Å²) in [5.41, 5.74) is 0. The summed E-state index contributed by atoms with van der Waals surface area (Å²) in [4.78, 5) is 25.6. The number of allylic oxidation sites excluding steroid dienone is 13. The fourth-order valence-electron chi connectivity index (χ4n) is 9.49. The lowest BCUT2D eigenvalue weighted by molar-refractivity contribution is -0.870. The number of quaternary nitrogens is 1. The topological polar surface area (TPSA) is 108 Å². The van der Waals surface area contributed by atoms with Crippen LogP contribution in [0, 0.1) is 0 Å². The summed E-state index contributed by atoms with van der Waals surface area (Å²) in [6.45, 7) is 4.54. The Morgan fingerprint density at radius 3 is 1.19 bits per heavy atom. The number of aliphatic hydroxyl groups is 1. The van der Waals surface area contributed by atoms with Gasteiger partial charge < -0.3 is 28.8 Å². The average molecular weight is 1110 g/mol. The summed E-state index contributed by atoms with van der Waals surface area (Å²) < 4.78 is 23.4. The molecule has 8 nitrogen and oxygen atoms in total. The monoisotopic (exact) mass is 1110 g/mol. The van der Waals surface area contributed by atoms with Gasteiger partial charge >= 0.3 is 0 Å². The van der Waals surface area contributed by atoms with Crippen molar-refractivity contribution in [3.63, 3.8) is 0 Å². The van der Waals surface area contributed by atoms with E-state index in [1.165, 1.54) is 205 Å². The van der Waals surface area contributed by atoms with Gasteiger partial charge in [-0.3, -0.25) is 9.36 Å². The second kappa shape index (κ2) is 59.3. The Balaban J connectivity index is 4.12. The second-order valence-electron chi connectivity index (χ2n) is 23.4. The van der Waals surface area contributed by atoms with Crippen LogP contribution in [0.2, 0.25) is 0 Å². The zero-order valence-corrected chi connectivity index (χ0v) is 52.7. The Bertz CT molecular complexity index is 1550. The van der Waals surface area contributed by atoms with Crippen LogP contribution in [0.15, 0.2) is 85.1 Å². The molecule has 0 aromatic carbocycles. The third-order valence-corrected chi connectivity index (χ3v) is 15.6. The van der Waals surface area contributed by atoms with Crippen LogP contribution >= 0.6 is 7.82 Å². The van der Waals surface area contributed by atoms with Gasteiger partial charge in [-0.2, -0.15) is 0 Å². The van der Waals surface area contributed by atoms with Crippen molar-refractivity contribution in [2.24, 2.45) is 0 Å². The van der Waals surface area contributed by atoms with E-state index in [-0.39, 0.29) is 12.5 Å². The van der Waals surface area contributed by atoms with Gasteiger partial charge in [0.2, 0.25) is 5.91 Å². The van der Waals surface area contributed by atoms with Crippen molar-refractivity contribution in [3.8, 4) is 0 Å². The third kappa shape index (κ3) is 61.3. The first kappa shape index (κ1) is 75.7. The molecule has 0 aliphatic rings. The average Bonchev–Trinajstić information content (AvgIpc) is 3.41. The summed E-state index contributed by atoms with van der Waals surface area (Å²) in [6, 6.07) is -0.908.